The lowest BCUT2D eigenvalue weighted by atomic mass is 10.1. The Bertz CT molecular complexity index is 738. The number of carboxylic acid groups (broad SMARTS) is 1. The number of carbonyl (C=O) groups is 1. The molecule has 21 heavy (non-hydrogen) atoms. The molecule has 2 bridgehead atoms. The average Bonchev–Trinajstić information content (AvgIpc) is 3.08. The Balaban J connectivity index is 1.74. The van der Waals surface area contributed by atoms with Crippen LogP contribution in [0.25, 0.3) is 10.8 Å². The summed E-state index contributed by atoms with van der Waals surface area (Å²) in [4.78, 5) is 14.8. The van der Waals surface area contributed by atoms with Crippen LogP contribution in [0.4, 0.5) is 10.6 Å². The minimum Gasteiger partial charge on any atom is -0.465 e. The van der Waals surface area contributed by atoms with E-state index in [-0.39, 0.29) is 12.1 Å². The summed E-state index contributed by atoms with van der Waals surface area (Å²) in [5, 5.41) is 19.7. The van der Waals surface area contributed by atoms with Crippen LogP contribution in [0.5, 0.6) is 0 Å². The number of fused-ring (bicyclic) bond motifs is 3. The van der Waals surface area contributed by atoms with Crippen molar-refractivity contribution in [3.63, 3.8) is 0 Å². The molecule has 0 saturated carbocycles. The molecule has 2 aliphatic heterocycles. The second-order valence-electron chi connectivity index (χ2n) is 5.49. The third kappa shape index (κ3) is 1.82. The van der Waals surface area contributed by atoms with E-state index in [4.69, 9.17) is 16.7 Å². The van der Waals surface area contributed by atoms with Crippen molar-refractivity contribution in [2.75, 3.05) is 18.0 Å². The first-order valence-corrected chi connectivity index (χ1v) is 7.20. The minimum absolute atomic E-state index is 0.0451. The molecule has 2 aliphatic rings. The fourth-order valence-electron chi connectivity index (χ4n) is 3.43. The molecule has 2 atom stereocenters. The molecule has 6 nitrogen and oxygen atoms in total. The van der Waals surface area contributed by atoms with Crippen LogP contribution in [0.15, 0.2) is 24.3 Å². The van der Waals surface area contributed by atoms with E-state index < -0.39 is 6.09 Å². The monoisotopic (exact) mass is 304 g/mol. The molecule has 1 aromatic carbocycles. The average molecular weight is 305 g/mol. The van der Waals surface area contributed by atoms with E-state index >= 15 is 0 Å². The Labute approximate surface area is 125 Å². The molecule has 2 fully saturated rings. The van der Waals surface area contributed by atoms with Crippen LogP contribution < -0.4 is 4.90 Å². The predicted molar refractivity (Wildman–Crippen MR) is 78.8 cm³/mol. The Morgan fingerprint density at radius 3 is 2.62 bits per heavy atom. The fraction of sp³-hybridized carbons (Fsp3) is 0.357. The van der Waals surface area contributed by atoms with Crippen molar-refractivity contribution in [1.29, 1.82) is 0 Å². The molecule has 0 spiro atoms. The maximum Gasteiger partial charge on any atom is 0.407 e. The van der Waals surface area contributed by atoms with Gasteiger partial charge in [-0.1, -0.05) is 35.9 Å². The van der Waals surface area contributed by atoms with Gasteiger partial charge in [0.2, 0.25) is 0 Å². The number of amides is 1. The van der Waals surface area contributed by atoms with Crippen molar-refractivity contribution in [3.05, 3.63) is 29.4 Å². The molecule has 1 amide bonds. The topological polar surface area (TPSA) is 69.6 Å². The number of rotatable bonds is 1. The third-order valence-electron chi connectivity index (χ3n) is 4.38. The lowest BCUT2D eigenvalue weighted by molar-refractivity contribution is 0.137. The summed E-state index contributed by atoms with van der Waals surface area (Å²) < 4.78 is 0. The zero-order valence-electron chi connectivity index (χ0n) is 11.1. The second kappa shape index (κ2) is 4.46. The maximum absolute atomic E-state index is 11.2. The van der Waals surface area contributed by atoms with E-state index in [1.807, 2.05) is 24.3 Å². The summed E-state index contributed by atoms with van der Waals surface area (Å²) in [7, 11) is 0. The van der Waals surface area contributed by atoms with Crippen LogP contribution in [-0.4, -0.2) is 51.5 Å². The highest BCUT2D eigenvalue weighted by Gasteiger charge is 2.46. The highest BCUT2D eigenvalue weighted by Crippen LogP contribution is 2.37. The zero-order valence-corrected chi connectivity index (χ0v) is 11.9. The van der Waals surface area contributed by atoms with Crippen LogP contribution in [0.3, 0.4) is 0 Å². The zero-order chi connectivity index (χ0) is 14.6. The molecule has 1 N–H and O–H groups in total. The molecule has 1 aromatic heterocycles. The van der Waals surface area contributed by atoms with Crippen molar-refractivity contribution < 1.29 is 9.90 Å². The van der Waals surface area contributed by atoms with Crippen LogP contribution in [0.1, 0.15) is 6.42 Å². The number of nitrogens with zero attached hydrogens (tertiary/aromatic N) is 4. The van der Waals surface area contributed by atoms with E-state index in [0.717, 1.165) is 23.0 Å². The molecule has 108 valence electrons. The summed E-state index contributed by atoms with van der Waals surface area (Å²) in [5.41, 5.74) is 0. The normalized spacial score (nSPS) is 24.0. The van der Waals surface area contributed by atoms with Crippen molar-refractivity contribution in [2.45, 2.75) is 18.5 Å². The van der Waals surface area contributed by atoms with Crippen LogP contribution in [-0.2, 0) is 0 Å². The lowest BCUT2D eigenvalue weighted by Crippen LogP contribution is -2.48. The molecule has 0 unspecified atom stereocenters. The smallest absolute Gasteiger partial charge is 0.407 e. The predicted octanol–water partition coefficient (Wildman–Crippen LogP) is 2.22. The van der Waals surface area contributed by atoms with Crippen molar-refractivity contribution in [1.82, 2.24) is 15.1 Å². The first-order chi connectivity index (χ1) is 10.1. The van der Waals surface area contributed by atoms with Gasteiger partial charge in [0.25, 0.3) is 0 Å². The van der Waals surface area contributed by atoms with Gasteiger partial charge in [-0.2, -0.15) is 0 Å². The maximum atomic E-state index is 11.2. The quantitative estimate of drug-likeness (QED) is 0.875. The van der Waals surface area contributed by atoms with Gasteiger partial charge in [0, 0.05) is 23.9 Å². The highest BCUT2D eigenvalue weighted by molar-refractivity contribution is 6.34. The third-order valence-corrected chi connectivity index (χ3v) is 4.66. The number of hydrogen-bond acceptors (Lipinski definition) is 4. The van der Waals surface area contributed by atoms with Crippen molar-refractivity contribution >= 4 is 34.3 Å². The summed E-state index contributed by atoms with van der Waals surface area (Å²) in [5.74, 6) is 0.799. The summed E-state index contributed by atoms with van der Waals surface area (Å²) in [6, 6.07) is 7.98. The SMILES string of the molecule is O=C(O)N1C[C@@H]2C[C@H]1CN2c1nnc(Cl)c2ccccc12. The number of piperazine rings is 1. The van der Waals surface area contributed by atoms with E-state index in [2.05, 4.69) is 15.1 Å². The molecule has 2 saturated heterocycles. The number of benzene rings is 1. The van der Waals surface area contributed by atoms with Gasteiger partial charge in [0.1, 0.15) is 0 Å². The molecule has 0 aliphatic carbocycles. The lowest BCUT2D eigenvalue weighted by Gasteiger charge is -2.33. The molecule has 2 aromatic rings. The van der Waals surface area contributed by atoms with E-state index in [1.54, 1.807) is 0 Å². The van der Waals surface area contributed by atoms with Gasteiger partial charge in [-0.15, -0.1) is 10.2 Å². The molecular weight excluding hydrogens is 292 g/mol. The first kappa shape index (κ1) is 12.6. The van der Waals surface area contributed by atoms with Gasteiger partial charge < -0.3 is 14.9 Å². The number of anilines is 1. The Kier molecular flexibility index (Phi) is 2.68. The van der Waals surface area contributed by atoms with Crippen LogP contribution in [0.2, 0.25) is 5.15 Å². The largest absolute Gasteiger partial charge is 0.465 e. The Morgan fingerprint density at radius 2 is 1.95 bits per heavy atom. The summed E-state index contributed by atoms with van der Waals surface area (Å²) in [6.07, 6.45) is 0.0134. The van der Waals surface area contributed by atoms with Gasteiger partial charge in [0.05, 0.1) is 12.1 Å². The molecular formula is C14H13ClN4O2. The van der Waals surface area contributed by atoms with Crippen LogP contribution >= 0.6 is 11.6 Å². The minimum atomic E-state index is -0.839. The van der Waals surface area contributed by atoms with Gasteiger partial charge in [0.15, 0.2) is 11.0 Å². The Hall–Kier alpha value is -2.08. The summed E-state index contributed by atoms with van der Waals surface area (Å²) in [6.45, 7) is 1.19. The highest BCUT2D eigenvalue weighted by atomic mass is 35.5. The number of likely N-dealkylation sites (tertiary alicyclic amines) is 1. The first-order valence-electron chi connectivity index (χ1n) is 6.82. The second-order valence-corrected chi connectivity index (χ2v) is 5.85. The number of halogens is 1. The van der Waals surface area contributed by atoms with E-state index in [9.17, 15) is 4.79 Å². The standard InChI is InChI=1S/C14H13ClN4O2/c15-12-10-3-1-2-4-11(10)13(17-16-12)18-6-9-5-8(18)7-19(9)14(20)21/h1-4,8-9H,5-7H2,(H,20,21)/t8-,9-/m0/s1. The van der Waals surface area contributed by atoms with Crippen molar-refractivity contribution in [2.24, 2.45) is 0 Å². The fourth-order valence-corrected chi connectivity index (χ4v) is 3.63. The number of aromatic nitrogens is 2. The Morgan fingerprint density at radius 1 is 1.19 bits per heavy atom. The van der Waals surface area contributed by atoms with E-state index in [1.165, 1.54) is 4.90 Å². The van der Waals surface area contributed by atoms with Crippen LogP contribution in [0, 0.1) is 0 Å². The molecule has 0 radical (unpaired) electrons. The summed E-state index contributed by atoms with van der Waals surface area (Å²) >= 11 is 6.10. The molecule has 3 heterocycles. The van der Waals surface area contributed by atoms with Gasteiger partial charge in [-0.3, -0.25) is 0 Å². The van der Waals surface area contributed by atoms with Gasteiger partial charge >= 0.3 is 6.09 Å². The molecule has 7 heteroatoms. The van der Waals surface area contributed by atoms with Gasteiger partial charge in [-0.05, 0) is 6.42 Å². The molecule has 4 rings (SSSR count). The van der Waals surface area contributed by atoms with E-state index in [0.29, 0.717) is 18.2 Å². The number of hydrogen-bond donors (Lipinski definition) is 1. The van der Waals surface area contributed by atoms with Crippen molar-refractivity contribution in [3.8, 4) is 0 Å². The van der Waals surface area contributed by atoms with Gasteiger partial charge in [-0.25, -0.2) is 4.79 Å².